The van der Waals surface area contributed by atoms with Gasteiger partial charge >= 0.3 is 0 Å². The quantitative estimate of drug-likeness (QED) is 0.825. The van der Waals surface area contributed by atoms with Crippen LogP contribution in [0.4, 0.5) is 5.95 Å². The maximum Gasteiger partial charge on any atom is 0.251 e. The van der Waals surface area contributed by atoms with Gasteiger partial charge in [0.25, 0.3) is 10.0 Å². The van der Waals surface area contributed by atoms with Crippen molar-refractivity contribution < 1.29 is 17.9 Å². The van der Waals surface area contributed by atoms with E-state index < -0.39 is 15.3 Å². The summed E-state index contributed by atoms with van der Waals surface area (Å²) in [5, 5.41) is 7.75. The minimum absolute atomic E-state index is 0.146. The Morgan fingerprint density at radius 3 is 2.10 bits per heavy atom. The fourth-order valence-electron chi connectivity index (χ4n) is 1.43. The lowest BCUT2D eigenvalue weighted by Gasteiger charge is -2.15. The SMILES string of the molecule is COc1cc(OC)nc(NS(=O)(=O)C(C#N)C(C)C)n1. The van der Waals surface area contributed by atoms with E-state index in [0.717, 1.165) is 0 Å². The maximum absolute atomic E-state index is 12.1. The van der Waals surface area contributed by atoms with E-state index >= 15 is 0 Å². The molecule has 1 atom stereocenters. The molecule has 0 amide bonds. The molecule has 20 heavy (non-hydrogen) atoms. The van der Waals surface area contributed by atoms with Crippen LogP contribution in [0.2, 0.25) is 0 Å². The number of rotatable bonds is 6. The van der Waals surface area contributed by atoms with E-state index in [1.807, 2.05) is 0 Å². The summed E-state index contributed by atoms with van der Waals surface area (Å²) in [5.74, 6) is -0.285. The second kappa shape index (κ2) is 6.38. The summed E-state index contributed by atoms with van der Waals surface area (Å²) >= 11 is 0. The highest BCUT2D eigenvalue weighted by atomic mass is 32.2. The molecule has 0 saturated heterocycles. The van der Waals surface area contributed by atoms with Gasteiger partial charge in [0.05, 0.1) is 26.4 Å². The Labute approximate surface area is 117 Å². The Hall–Kier alpha value is -2.08. The van der Waals surface area contributed by atoms with Gasteiger partial charge < -0.3 is 9.47 Å². The Morgan fingerprint density at radius 2 is 1.75 bits per heavy atom. The van der Waals surface area contributed by atoms with Crippen molar-refractivity contribution in [1.82, 2.24) is 9.97 Å². The van der Waals surface area contributed by atoms with E-state index in [0.29, 0.717) is 0 Å². The molecule has 0 bridgehead atoms. The van der Waals surface area contributed by atoms with E-state index in [9.17, 15) is 8.42 Å². The Balaban J connectivity index is 3.12. The number of nitriles is 1. The van der Waals surface area contributed by atoms with Gasteiger partial charge in [0.15, 0.2) is 5.25 Å². The van der Waals surface area contributed by atoms with Crippen LogP contribution < -0.4 is 14.2 Å². The largest absolute Gasteiger partial charge is 0.481 e. The standard InChI is InChI=1S/C11H16N4O4S/c1-7(2)8(6-12)20(16,17)15-11-13-9(18-3)5-10(14-11)19-4/h5,7-8H,1-4H3,(H,13,14,15). The van der Waals surface area contributed by atoms with Crippen molar-refractivity contribution in [3.63, 3.8) is 0 Å². The van der Waals surface area contributed by atoms with Gasteiger partial charge in [-0.15, -0.1) is 0 Å². The highest BCUT2D eigenvalue weighted by molar-refractivity contribution is 7.93. The van der Waals surface area contributed by atoms with E-state index in [1.54, 1.807) is 19.9 Å². The Bertz CT molecular complexity index is 587. The number of methoxy groups -OCH3 is 2. The zero-order valence-electron chi connectivity index (χ0n) is 11.6. The van der Waals surface area contributed by atoms with Crippen LogP contribution in [0.5, 0.6) is 11.8 Å². The number of nitrogens with zero attached hydrogens (tertiary/aromatic N) is 3. The molecule has 0 aliphatic rings. The molecule has 1 aromatic rings. The van der Waals surface area contributed by atoms with Gasteiger partial charge in [0, 0.05) is 0 Å². The van der Waals surface area contributed by atoms with Crippen molar-refractivity contribution in [1.29, 1.82) is 5.26 Å². The smallest absolute Gasteiger partial charge is 0.251 e. The number of hydrogen-bond donors (Lipinski definition) is 1. The second-order valence-electron chi connectivity index (χ2n) is 4.22. The zero-order valence-corrected chi connectivity index (χ0v) is 12.4. The molecule has 110 valence electrons. The van der Waals surface area contributed by atoms with Gasteiger partial charge in [-0.3, -0.25) is 0 Å². The summed E-state index contributed by atoms with van der Waals surface area (Å²) in [6, 6.07) is 3.16. The lowest BCUT2D eigenvalue weighted by Crippen LogP contribution is -2.31. The lowest BCUT2D eigenvalue weighted by molar-refractivity contribution is 0.373. The van der Waals surface area contributed by atoms with Crippen molar-refractivity contribution in [2.24, 2.45) is 5.92 Å². The number of ether oxygens (including phenoxy) is 2. The summed E-state index contributed by atoms with van der Waals surface area (Å²) in [6.07, 6.45) is 0. The molecule has 1 heterocycles. The Morgan fingerprint density at radius 1 is 1.25 bits per heavy atom. The number of nitrogens with one attached hydrogen (secondary N) is 1. The molecular weight excluding hydrogens is 284 g/mol. The molecular formula is C11H16N4O4S. The van der Waals surface area contributed by atoms with E-state index in [1.165, 1.54) is 20.3 Å². The molecule has 0 spiro atoms. The minimum Gasteiger partial charge on any atom is -0.481 e. The maximum atomic E-state index is 12.1. The van der Waals surface area contributed by atoms with Crippen molar-refractivity contribution in [2.75, 3.05) is 18.9 Å². The molecule has 0 radical (unpaired) electrons. The average Bonchev–Trinajstić information content (AvgIpc) is 2.37. The van der Waals surface area contributed by atoms with Crippen LogP contribution in [0.25, 0.3) is 0 Å². The van der Waals surface area contributed by atoms with E-state index in [-0.39, 0.29) is 23.6 Å². The van der Waals surface area contributed by atoms with Gasteiger partial charge in [-0.05, 0) is 5.92 Å². The Kier molecular flexibility index (Phi) is 5.10. The van der Waals surface area contributed by atoms with Gasteiger partial charge in [0.2, 0.25) is 17.7 Å². The van der Waals surface area contributed by atoms with Crippen LogP contribution in [-0.2, 0) is 10.0 Å². The summed E-state index contributed by atoms with van der Waals surface area (Å²) in [6.45, 7) is 3.28. The molecule has 1 rings (SSSR count). The third-order valence-corrected chi connectivity index (χ3v) is 4.18. The monoisotopic (exact) mass is 300 g/mol. The van der Waals surface area contributed by atoms with Crippen molar-refractivity contribution in [3.8, 4) is 17.8 Å². The fourth-order valence-corrected chi connectivity index (χ4v) is 2.75. The summed E-state index contributed by atoms with van der Waals surface area (Å²) in [5.41, 5.74) is 0. The van der Waals surface area contributed by atoms with E-state index in [4.69, 9.17) is 14.7 Å². The summed E-state index contributed by atoms with van der Waals surface area (Å²) in [7, 11) is -1.16. The molecule has 9 heteroatoms. The number of aromatic nitrogens is 2. The fraction of sp³-hybridized carbons (Fsp3) is 0.545. The highest BCUT2D eigenvalue weighted by Crippen LogP contribution is 2.20. The normalized spacial score (nSPS) is 12.6. The number of anilines is 1. The molecule has 0 fully saturated rings. The highest BCUT2D eigenvalue weighted by Gasteiger charge is 2.29. The minimum atomic E-state index is -3.92. The predicted molar refractivity (Wildman–Crippen MR) is 71.9 cm³/mol. The molecule has 0 aliphatic heterocycles. The first-order valence-corrected chi connectivity index (χ1v) is 7.27. The topological polar surface area (TPSA) is 114 Å². The van der Waals surface area contributed by atoms with Gasteiger partial charge in [-0.2, -0.15) is 15.2 Å². The van der Waals surface area contributed by atoms with Gasteiger partial charge in [-0.1, -0.05) is 13.8 Å². The van der Waals surface area contributed by atoms with Crippen LogP contribution in [0.1, 0.15) is 13.8 Å². The zero-order chi connectivity index (χ0) is 15.3. The molecule has 1 N–H and O–H groups in total. The first-order valence-electron chi connectivity index (χ1n) is 5.72. The summed E-state index contributed by atoms with van der Waals surface area (Å²) < 4.78 is 36.2. The van der Waals surface area contributed by atoms with Crippen LogP contribution in [0, 0.1) is 17.2 Å². The molecule has 8 nitrogen and oxygen atoms in total. The number of hydrogen-bond acceptors (Lipinski definition) is 7. The van der Waals surface area contributed by atoms with Gasteiger partial charge in [0.1, 0.15) is 0 Å². The van der Waals surface area contributed by atoms with Crippen LogP contribution in [0.15, 0.2) is 6.07 Å². The van der Waals surface area contributed by atoms with Crippen molar-refractivity contribution in [2.45, 2.75) is 19.1 Å². The molecule has 1 aromatic heterocycles. The van der Waals surface area contributed by atoms with Crippen LogP contribution in [-0.4, -0.2) is 37.9 Å². The molecule has 0 saturated carbocycles. The second-order valence-corrected chi connectivity index (χ2v) is 6.02. The lowest BCUT2D eigenvalue weighted by atomic mass is 10.1. The van der Waals surface area contributed by atoms with Crippen LogP contribution in [0.3, 0.4) is 0 Å². The number of sulfonamides is 1. The van der Waals surface area contributed by atoms with E-state index in [2.05, 4.69) is 14.7 Å². The van der Waals surface area contributed by atoms with Gasteiger partial charge in [-0.25, -0.2) is 13.1 Å². The third-order valence-electron chi connectivity index (χ3n) is 2.40. The molecule has 0 aromatic carbocycles. The van der Waals surface area contributed by atoms with Crippen molar-refractivity contribution in [3.05, 3.63) is 6.07 Å². The third kappa shape index (κ3) is 3.71. The van der Waals surface area contributed by atoms with Crippen molar-refractivity contribution >= 4 is 16.0 Å². The first kappa shape index (κ1) is 16.0. The van der Waals surface area contributed by atoms with Crippen LogP contribution >= 0.6 is 0 Å². The molecule has 1 unspecified atom stereocenters. The summed E-state index contributed by atoms with van der Waals surface area (Å²) in [4.78, 5) is 7.70. The first-order chi connectivity index (χ1) is 9.33. The predicted octanol–water partition coefficient (Wildman–Crippen LogP) is 0.784. The molecule has 0 aliphatic carbocycles. The average molecular weight is 300 g/mol.